The average molecular weight is 511 g/mol. The SMILES string of the molecule is CS(=O)(=O)OCCCCCCCCCCCCCCCNC(=O)c1ccc(N2CCNCC2)nc1. The zero-order chi connectivity index (χ0) is 25.2. The van der Waals surface area contributed by atoms with Crippen molar-refractivity contribution in [1.82, 2.24) is 15.6 Å². The lowest BCUT2D eigenvalue weighted by Crippen LogP contribution is -2.43. The average Bonchev–Trinajstić information content (AvgIpc) is 2.85. The first-order valence-corrected chi connectivity index (χ1v) is 15.3. The number of hydrogen-bond donors (Lipinski definition) is 2. The van der Waals surface area contributed by atoms with Crippen LogP contribution >= 0.6 is 0 Å². The Morgan fingerprint density at radius 2 is 1.46 bits per heavy atom. The van der Waals surface area contributed by atoms with Gasteiger partial charge in [0.15, 0.2) is 0 Å². The van der Waals surface area contributed by atoms with Crippen LogP contribution in [0.4, 0.5) is 5.82 Å². The highest BCUT2D eigenvalue weighted by atomic mass is 32.2. The molecule has 0 spiro atoms. The second kappa shape index (κ2) is 17.7. The van der Waals surface area contributed by atoms with E-state index in [1.54, 1.807) is 6.20 Å². The summed E-state index contributed by atoms with van der Waals surface area (Å²) in [5.74, 6) is 0.907. The van der Waals surface area contributed by atoms with Crippen molar-refractivity contribution in [3.63, 3.8) is 0 Å². The van der Waals surface area contributed by atoms with Gasteiger partial charge in [-0.15, -0.1) is 0 Å². The van der Waals surface area contributed by atoms with Crippen LogP contribution < -0.4 is 15.5 Å². The fraction of sp³-hybridized carbons (Fsp3) is 0.769. The van der Waals surface area contributed by atoms with Crippen LogP contribution in [0.1, 0.15) is 93.8 Å². The summed E-state index contributed by atoms with van der Waals surface area (Å²) in [7, 11) is -3.28. The Bertz CT molecular complexity index is 796. The molecule has 2 heterocycles. The van der Waals surface area contributed by atoms with Crippen molar-refractivity contribution < 1.29 is 17.4 Å². The number of piperazine rings is 1. The highest BCUT2D eigenvalue weighted by Gasteiger charge is 2.12. The van der Waals surface area contributed by atoms with Crippen LogP contribution in [0.15, 0.2) is 18.3 Å². The number of nitrogens with one attached hydrogen (secondary N) is 2. The van der Waals surface area contributed by atoms with E-state index >= 15 is 0 Å². The van der Waals surface area contributed by atoms with E-state index in [0.29, 0.717) is 12.2 Å². The maximum Gasteiger partial charge on any atom is 0.264 e. The Balaban J connectivity index is 1.35. The fourth-order valence-corrected chi connectivity index (χ4v) is 4.71. The van der Waals surface area contributed by atoms with Gasteiger partial charge in [-0.2, -0.15) is 8.42 Å². The molecule has 1 aromatic rings. The lowest BCUT2D eigenvalue weighted by Gasteiger charge is -2.28. The van der Waals surface area contributed by atoms with E-state index in [2.05, 4.69) is 20.5 Å². The van der Waals surface area contributed by atoms with E-state index in [0.717, 1.165) is 76.9 Å². The van der Waals surface area contributed by atoms with Crippen LogP contribution in [0.25, 0.3) is 0 Å². The fourth-order valence-electron chi connectivity index (χ4n) is 4.29. The zero-order valence-corrected chi connectivity index (χ0v) is 22.4. The molecule has 8 nitrogen and oxygen atoms in total. The number of anilines is 1. The van der Waals surface area contributed by atoms with Gasteiger partial charge in [0.05, 0.1) is 18.4 Å². The van der Waals surface area contributed by atoms with Gasteiger partial charge in [-0.25, -0.2) is 4.98 Å². The van der Waals surface area contributed by atoms with Crippen molar-refractivity contribution >= 4 is 21.8 Å². The number of nitrogens with zero attached hydrogens (tertiary/aromatic N) is 2. The molecule has 9 heteroatoms. The number of carbonyl (C=O) groups excluding carboxylic acids is 1. The molecule has 2 N–H and O–H groups in total. The van der Waals surface area contributed by atoms with Gasteiger partial charge in [-0.1, -0.05) is 70.6 Å². The van der Waals surface area contributed by atoms with E-state index in [1.807, 2.05) is 12.1 Å². The van der Waals surface area contributed by atoms with Gasteiger partial charge in [-0.3, -0.25) is 8.98 Å². The zero-order valence-electron chi connectivity index (χ0n) is 21.6. The normalized spacial score (nSPS) is 14.3. The lowest BCUT2D eigenvalue weighted by atomic mass is 10.0. The molecule has 0 atom stereocenters. The Morgan fingerprint density at radius 1 is 0.914 bits per heavy atom. The molecule has 0 radical (unpaired) electrons. The van der Waals surface area contributed by atoms with E-state index in [9.17, 15) is 13.2 Å². The van der Waals surface area contributed by atoms with Gasteiger partial charge in [0.25, 0.3) is 16.0 Å². The number of hydrogen-bond acceptors (Lipinski definition) is 7. The molecular formula is C26H46N4O4S. The summed E-state index contributed by atoms with van der Waals surface area (Å²) >= 11 is 0. The molecule has 1 aliphatic rings. The van der Waals surface area contributed by atoms with Crippen molar-refractivity contribution in [2.24, 2.45) is 0 Å². The first-order valence-electron chi connectivity index (χ1n) is 13.5. The topological polar surface area (TPSA) is 101 Å². The largest absolute Gasteiger partial charge is 0.354 e. The Morgan fingerprint density at radius 3 is 1.97 bits per heavy atom. The van der Waals surface area contributed by atoms with Crippen LogP contribution in [-0.2, 0) is 14.3 Å². The number of amides is 1. The molecule has 0 unspecified atom stereocenters. The van der Waals surface area contributed by atoms with Crippen LogP contribution in [0.5, 0.6) is 0 Å². The molecule has 2 rings (SSSR count). The Labute approximate surface area is 212 Å². The van der Waals surface area contributed by atoms with Gasteiger partial charge < -0.3 is 15.5 Å². The summed E-state index contributed by atoms with van der Waals surface area (Å²) < 4.78 is 26.5. The summed E-state index contributed by atoms with van der Waals surface area (Å²) in [6.45, 7) is 4.88. The highest BCUT2D eigenvalue weighted by molar-refractivity contribution is 7.85. The van der Waals surface area contributed by atoms with Crippen LogP contribution in [0, 0.1) is 0 Å². The Hall–Kier alpha value is -1.71. The summed E-state index contributed by atoms with van der Waals surface area (Å²) in [5, 5.41) is 6.35. The first kappa shape index (κ1) is 29.5. The quantitative estimate of drug-likeness (QED) is 0.212. The minimum atomic E-state index is -3.28. The lowest BCUT2D eigenvalue weighted by molar-refractivity contribution is 0.0952. The minimum absolute atomic E-state index is 0.0356. The predicted molar refractivity (Wildman–Crippen MR) is 142 cm³/mol. The highest BCUT2D eigenvalue weighted by Crippen LogP contribution is 2.14. The van der Waals surface area contributed by atoms with Gasteiger partial charge in [0, 0.05) is 38.9 Å². The third-order valence-electron chi connectivity index (χ3n) is 6.36. The monoisotopic (exact) mass is 510 g/mol. The van der Waals surface area contributed by atoms with Gasteiger partial charge in [0.2, 0.25) is 0 Å². The molecule has 0 saturated carbocycles. The molecule has 1 fully saturated rings. The molecule has 1 saturated heterocycles. The number of rotatable bonds is 19. The molecule has 1 aromatic heterocycles. The third kappa shape index (κ3) is 14.4. The molecule has 1 aliphatic heterocycles. The summed E-state index contributed by atoms with van der Waals surface area (Å²) in [6, 6.07) is 3.82. The Kier molecular flexibility index (Phi) is 14.9. The van der Waals surface area contributed by atoms with Crippen molar-refractivity contribution in [3.8, 4) is 0 Å². The standard InChI is InChI=1S/C26H46N4O4S/c1-35(32,33)34-22-14-12-10-8-6-4-2-3-5-7-9-11-13-17-28-26(31)24-15-16-25(29-23-24)30-20-18-27-19-21-30/h15-16,23,27H,2-14,17-22H2,1H3,(H,28,31). The predicted octanol–water partition coefficient (Wildman–Crippen LogP) is 4.27. The molecule has 1 amide bonds. The van der Waals surface area contributed by atoms with E-state index in [1.165, 1.54) is 51.4 Å². The second-order valence-corrected chi connectivity index (χ2v) is 11.2. The van der Waals surface area contributed by atoms with Gasteiger partial charge in [0.1, 0.15) is 5.82 Å². The van der Waals surface area contributed by atoms with E-state index in [4.69, 9.17) is 4.18 Å². The molecule has 35 heavy (non-hydrogen) atoms. The van der Waals surface area contributed by atoms with Crippen LogP contribution in [0.3, 0.4) is 0 Å². The van der Waals surface area contributed by atoms with Crippen molar-refractivity contribution in [3.05, 3.63) is 23.9 Å². The number of pyridine rings is 1. The van der Waals surface area contributed by atoms with E-state index in [-0.39, 0.29) is 5.91 Å². The molecule has 200 valence electrons. The molecule has 0 aromatic carbocycles. The van der Waals surface area contributed by atoms with E-state index < -0.39 is 10.1 Å². The van der Waals surface area contributed by atoms with Crippen LogP contribution in [0.2, 0.25) is 0 Å². The van der Waals surface area contributed by atoms with Crippen molar-refractivity contribution in [1.29, 1.82) is 0 Å². The maximum absolute atomic E-state index is 12.3. The third-order valence-corrected chi connectivity index (χ3v) is 6.95. The van der Waals surface area contributed by atoms with Gasteiger partial charge >= 0.3 is 0 Å². The van der Waals surface area contributed by atoms with Crippen molar-refractivity contribution in [2.75, 3.05) is 50.5 Å². The number of aromatic nitrogens is 1. The molecule has 0 bridgehead atoms. The van der Waals surface area contributed by atoms with Crippen molar-refractivity contribution in [2.45, 2.75) is 83.5 Å². The minimum Gasteiger partial charge on any atom is -0.354 e. The summed E-state index contributed by atoms with van der Waals surface area (Å²) in [4.78, 5) is 19.0. The summed E-state index contributed by atoms with van der Waals surface area (Å²) in [5.41, 5.74) is 0.629. The number of unbranched alkanes of at least 4 members (excludes halogenated alkanes) is 12. The summed E-state index contributed by atoms with van der Waals surface area (Å²) in [6.07, 6.45) is 18.1. The molecule has 0 aliphatic carbocycles. The number of carbonyl (C=O) groups is 1. The second-order valence-electron chi connectivity index (χ2n) is 9.52. The maximum atomic E-state index is 12.3. The first-order chi connectivity index (χ1) is 17.0. The molecular weight excluding hydrogens is 464 g/mol. The van der Waals surface area contributed by atoms with Crippen LogP contribution in [-0.4, -0.2) is 64.9 Å². The smallest absolute Gasteiger partial charge is 0.264 e. The van der Waals surface area contributed by atoms with Gasteiger partial charge in [-0.05, 0) is 25.0 Å².